The summed E-state index contributed by atoms with van der Waals surface area (Å²) in [4.78, 5) is 25.7. The van der Waals surface area contributed by atoms with Crippen molar-refractivity contribution >= 4 is 34.4 Å². The number of likely N-dealkylation sites (tertiary alicyclic amines) is 1. The van der Waals surface area contributed by atoms with Crippen LogP contribution in [0.4, 0.5) is 5.95 Å². The number of nitrogens with zero attached hydrogens (tertiary/aromatic N) is 5. The molecule has 1 aromatic carbocycles. The summed E-state index contributed by atoms with van der Waals surface area (Å²) in [5.74, 6) is 0.916. The Morgan fingerprint density at radius 3 is 2.70 bits per heavy atom. The molecule has 1 saturated heterocycles. The Kier molecular flexibility index (Phi) is 7.17. The minimum absolute atomic E-state index is 0.163. The number of anilines is 1. The SMILES string of the molecule is CCCCN1CCC(CNc2nc(C3C(=O)Cc4ccc(Cl)cc43)c3cn(C4CCCC4)nc3n2)CC1. The Labute approximate surface area is 224 Å². The van der Waals surface area contributed by atoms with Crippen LogP contribution < -0.4 is 5.32 Å². The molecule has 196 valence electrons. The molecule has 1 saturated carbocycles. The molecule has 3 aliphatic rings. The van der Waals surface area contributed by atoms with E-state index in [0.29, 0.717) is 35.0 Å². The molecule has 37 heavy (non-hydrogen) atoms. The van der Waals surface area contributed by atoms with Crippen LogP contribution in [0, 0.1) is 5.92 Å². The van der Waals surface area contributed by atoms with Gasteiger partial charge in [0, 0.05) is 24.2 Å². The fraction of sp³-hybridized carbons (Fsp3) is 0.586. The highest BCUT2D eigenvalue weighted by Crippen LogP contribution is 2.40. The maximum absolute atomic E-state index is 13.3. The Bertz CT molecular complexity index is 1270. The zero-order valence-corrected chi connectivity index (χ0v) is 22.5. The Balaban J connectivity index is 1.29. The van der Waals surface area contributed by atoms with Crippen molar-refractivity contribution < 1.29 is 4.79 Å². The van der Waals surface area contributed by atoms with E-state index >= 15 is 0 Å². The first-order valence-corrected chi connectivity index (χ1v) is 14.5. The molecule has 1 aliphatic heterocycles. The van der Waals surface area contributed by atoms with Gasteiger partial charge in [0.1, 0.15) is 0 Å². The van der Waals surface area contributed by atoms with Gasteiger partial charge < -0.3 is 10.2 Å². The summed E-state index contributed by atoms with van der Waals surface area (Å²) in [6, 6.07) is 6.17. The molecule has 1 unspecified atom stereocenters. The van der Waals surface area contributed by atoms with E-state index in [2.05, 4.69) is 28.0 Å². The third kappa shape index (κ3) is 5.13. The van der Waals surface area contributed by atoms with E-state index in [-0.39, 0.29) is 5.78 Å². The van der Waals surface area contributed by atoms with Gasteiger partial charge in [0.15, 0.2) is 11.4 Å². The molecule has 2 aliphatic carbocycles. The van der Waals surface area contributed by atoms with Crippen molar-refractivity contribution in [2.45, 2.75) is 76.7 Å². The Morgan fingerprint density at radius 2 is 1.92 bits per heavy atom. The quantitative estimate of drug-likeness (QED) is 0.406. The summed E-state index contributed by atoms with van der Waals surface area (Å²) < 4.78 is 2.07. The van der Waals surface area contributed by atoms with Gasteiger partial charge in [-0.1, -0.05) is 43.9 Å². The summed E-state index contributed by atoms with van der Waals surface area (Å²) in [6.07, 6.45) is 12.1. The number of Topliss-reactive ketones (excluding diaryl/α,β-unsaturated/α-hetero) is 1. The van der Waals surface area contributed by atoms with E-state index in [1.165, 1.54) is 45.1 Å². The van der Waals surface area contributed by atoms with Gasteiger partial charge in [0.25, 0.3) is 0 Å². The molecule has 1 N–H and O–H groups in total. The first-order chi connectivity index (χ1) is 18.1. The third-order valence-electron chi connectivity index (χ3n) is 8.59. The van der Waals surface area contributed by atoms with Crippen molar-refractivity contribution in [3.8, 4) is 0 Å². The molecule has 7 nitrogen and oxygen atoms in total. The monoisotopic (exact) mass is 520 g/mol. The number of nitrogens with one attached hydrogen (secondary N) is 1. The highest BCUT2D eigenvalue weighted by atomic mass is 35.5. The molecule has 1 atom stereocenters. The number of unbranched alkanes of at least 4 members (excludes halogenated alkanes) is 1. The van der Waals surface area contributed by atoms with E-state index in [0.717, 1.165) is 54.7 Å². The van der Waals surface area contributed by atoms with Crippen LogP contribution in [0.3, 0.4) is 0 Å². The number of ketones is 1. The smallest absolute Gasteiger partial charge is 0.225 e. The highest BCUT2D eigenvalue weighted by Gasteiger charge is 2.36. The Morgan fingerprint density at radius 1 is 1.11 bits per heavy atom. The van der Waals surface area contributed by atoms with Crippen molar-refractivity contribution in [1.82, 2.24) is 24.6 Å². The molecule has 0 bridgehead atoms. The van der Waals surface area contributed by atoms with Crippen LogP contribution >= 0.6 is 11.6 Å². The summed E-state index contributed by atoms with van der Waals surface area (Å²) in [7, 11) is 0. The second-order valence-electron chi connectivity index (χ2n) is 11.2. The molecule has 2 aromatic heterocycles. The number of carbonyl (C=O) groups excluding carboxylic acids is 1. The largest absolute Gasteiger partial charge is 0.354 e. The van der Waals surface area contributed by atoms with Crippen molar-refractivity contribution in [2.75, 3.05) is 31.5 Å². The van der Waals surface area contributed by atoms with Gasteiger partial charge in [-0.25, -0.2) is 4.98 Å². The summed E-state index contributed by atoms with van der Waals surface area (Å²) in [5, 5.41) is 9.96. The normalized spacial score (nSPS) is 21.2. The van der Waals surface area contributed by atoms with E-state index in [1.807, 2.05) is 18.2 Å². The lowest BCUT2D eigenvalue weighted by Gasteiger charge is -2.31. The van der Waals surface area contributed by atoms with Crippen LogP contribution in [0.1, 0.15) is 87.1 Å². The van der Waals surface area contributed by atoms with Crippen LogP contribution in [0.25, 0.3) is 11.0 Å². The average molecular weight is 521 g/mol. The van der Waals surface area contributed by atoms with E-state index in [1.54, 1.807) is 0 Å². The number of piperidine rings is 1. The van der Waals surface area contributed by atoms with Gasteiger partial charge in [-0.3, -0.25) is 9.48 Å². The molecule has 6 rings (SSSR count). The van der Waals surface area contributed by atoms with Crippen LogP contribution in [0.15, 0.2) is 24.4 Å². The van der Waals surface area contributed by atoms with Gasteiger partial charge in [0.2, 0.25) is 5.95 Å². The average Bonchev–Trinajstić information content (AvgIpc) is 3.64. The number of carbonyl (C=O) groups is 1. The maximum atomic E-state index is 13.3. The zero-order chi connectivity index (χ0) is 25.4. The lowest BCUT2D eigenvalue weighted by molar-refractivity contribution is -0.118. The molecule has 0 spiro atoms. The minimum Gasteiger partial charge on any atom is -0.354 e. The highest BCUT2D eigenvalue weighted by molar-refractivity contribution is 6.30. The van der Waals surface area contributed by atoms with Gasteiger partial charge in [-0.15, -0.1) is 0 Å². The topological polar surface area (TPSA) is 75.9 Å². The molecular formula is C29H37ClN6O. The van der Waals surface area contributed by atoms with Gasteiger partial charge in [-0.2, -0.15) is 10.1 Å². The van der Waals surface area contributed by atoms with Crippen molar-refractivity contribution in [3.05, 3.63) is 46.2 Å². The lowest BCUT2D eigenvalue weighted by atomic mass is 9.95. The van der Waals surface area contributed by atoms with E-state index in [4.69, 9.17) is 26.7 Å². The van der Waals surface area contributed by atoms with Gasteiger partial charge >= 0.3 is 0 Å². The third-order valence-corrected chi connectivity index (χ3v) is 8.82. The summed E-state index contributed by atoms with van der Waals surface area (Å²) in [5.41, 5.74) is 3.45. The second kappa shape index (κ2) is 10.7. The van der Waals surface area contributed by atoms with Crippen LogP contribution in [0.5, 0.6) is 0 Å². The minimum atomic E-state index is -0.428. The predicted molar refractivity (Wildman–Crippen MR) is 147 cm³/mol. The second-order valence-corrected chi connectivity index (χ2v) is 11.6. The number of fused-ring (bicyclic) bond motifs is 2. The maximum Gasteiger partial charge on any atom is 0.225 e. The molecule has 0 amide bonds. The molecule has 0 radical (unpaired) electrons. The molecule has 3 heterocycles. The summed E-state index contributed by atoms with van der Waals surface area (Å²) >= 11 is 6.36. The number of rotatable bonds is 8. The molecular weight excluding hydrogens is 484 g/mol. The van der Waals surface area contributed by atoms with Crippen molar-refractivity contribution in [2.24, 2.45) is 5.92 Å². The van der Waals surface area contributed by atoms with Gasteiger partial charge in [-0.05, 0) is 80.9 Å². The fourth-order valence-electron chi connectivity index (χ4n) is 6.39. The van der Waals surface area contributed by atoms with Crippen LogP contribution in [0.2, 0.25) is 5.02 Å². The standard InChI is InChI=1S/C29H37ClN6O/c1-2-3-12-35-13-10-19(11-14-35)17-31-29-32-27(26-23-16-21(30)9-8-20(23)15-25(26)37)24-18-36(34-28(24)33-29)22-6-4-5-7-22/h8-9,16,18-19,22,26H,2-7,10-15,17H2,1H3,(H,31,33,34). The van der Waals surface area contributed by atoms with E-state index < -0.39 is 5.92 Å². The zero-order valence-electron chi connectivity index (χ0n) is 21.8. The fourth-order valence-corrected chi connectivity index (χ4v) is 6.57. The first kappa shape index (κ1) is 24.8. The Hall–Kier alpha value is -2.51. The number of hydrogen-bond donors (Lipinski definition) is 1. The summed E-state index contributed by atoms with van der Waals surface area (Å²) in [6.45, 7) is 6.64. The lowest BCUT2D eigenvalue weighted by Crippen LogP contribution is -2.36. The van der Waals surface area contributed by atoms with Crippen molar-refractivity contribution in [1.29, 1.82) is 0 Å². The van der Waals surface area contributed by atoms with Gasteiger partial charge in [0.05, 0.1) is 23.0 Å². The molecule has 8 heteroatoms. The van der Waals surface area contributed by atoms with Crippen LogP contribution in [-0.4, -0.2) is 56.6 Å². The van der Waals surface area contributed by atoms with Crippen LogP contribution in [-0.2, 0) is 11.2 Å². The predicted octanol–water partition coefficient (Wildman–Crippen LogP) is 5.78. The van der Waals surface area contributed by atoms with E-state index in [9.17, 15) is 4.79 Å². The molecule has 3 aromatic rings. The number of halogens is 1. The number of benzene rings is 1. The number of hydrogen-bond acceptors (Lipinski definition) is 6. The van der Waals surface area contributed by atoms with Crippen molar-refractivity contribution in [3.63, 3.8) is 0 Å². The molecule has 2 fully saturated rings. The number of aromatic nitrogens is 4. The first-order valence-electron chi connectivity index (χ1n) is 14.1.